The molecular weight excluding hydrogens is 363 g/mol. The Balaban J connectivity index is 2.23. The van der Waals surface area contributed by atoms with Crippen LogP contribution in [0.15, 0.2) is 12.3 Å². The van der Waals surface area contributed by atoms with E-state index in [4.69, 9.17) is 4.74 Å². The van der Waals surface area contributed by atoms with E-state index in [1.807, 2.05) is 0 Å². The van der Waals surface area contributed by atoms with Gasteiger partial charge < -0.3 is 15.4 Å². The lowest BCUT2D eigenvalue weighted by atomic mass is 9.86. The zero-order valence-corrected chi connectivity index (χ0v) is 15.7. The fourth-order valence-corrected chi connectivity index (χ4v) is 2.58. The van der Waals surface area contributed by atoms with Gasteiger partial charge in [0.15, 0.2) is 6.61 Å². The lowest BCUT2D eigenvalue weighted by Gasteiger charge is -2.29. The number of aromatic nitrogens is 1. The molecule has 1 aliphatic rings. The summed E-state index contributed by atoms with van der Waals surface area (Å²) in [5.41, 5.74) is -0.108. The number of nitrogens with zero attached hydrogens (tertiary/aromatic N) is 1. The molecule has 150 valence electrons. The van der Waals surface area contributed by atoms with E-state index in [0.717, 1.165) is 12.8 Å². The second-order valence-electron chi connectivity index (χ2n) is 7.67. The Morgan fingerprint density at radius 3 is 2.41 bits per heavy atom. The van der Waals surface area contributed by atoms with Gasteiger partial charge in [0, 0.05) is 24.9 Å². The SMILES string of the molecule is CNC(=O)C(NC(=O)c1cc(OCC(F)(F)F)c(C2CC2)cn1)C(C)(C)C. The molecule has 1 atom stereocenters. The fourth-order valence-electron chi connectivity index (χ4n) is 2.58. The van der Waals surface area contributed by atoms with E-state index in [2.05, 4.69) is 15.6 Å². The molecule has 2 N–H and O–H groups in total. The molecular formula is C18H24F3N3O3. The van der Waals surface area contributed by atoms with Gasteiger partial charge in [0.1, 0.15) is 17.5 Å². The van der Waals surface area contributed by atoms with Crippen LogP contribution >= 0.6 is 0 Å². The highest BCUT2D eigenvalue weighted by Gasteiger charge is 2.34. The van der Waals surface area contributed by atoms with E-state index in [1.165, 1.54) is 19.3 Å². The maximum absolute atomic E-state index is 12.5. The molecule has 1 aliphatic carbocycles. The van der Waals surface area contributed by atoms with Crippen molar-refractivity contribution in [2.75, 3.05) is 13.7 Å². The monoisotopic (exact) mass is 387 g/mol. The highest BCUT2D eigenvalue weighted by atomic mass is 19.4. The fraction of sp³-hybridized carbons (Fsp3) is 0.611. The number of carbonyl (C=O) groups is 2. The van der Waals surface area contributed by atoms with Crippen molar-refractivity contribution in [3.8, 4) is 5.75 Å². The van der Waals surface area contributed by atoms with Gasteiger partial charge in [-0.25, -0.2) is 0 Å². The lowest BCUT2D eigenvalue weighted by molar-refractivity contribution is -0.153. The minimum Gasteiger partial charge on any atom is -0.484 e. The Morgan fingerprint density at radius 1 is 1.30 bits per heavy atom. The number of hydrogen-bond donors (Lipinski definition) is 2. The van der Waals surface area contributed by atoms with Crippen molar-refractivity contribution in [3.05, 3.63) is 23.5 Å². The van der Waals surface area contributed by atoms with Gasteiger partial charge in [-0.2, -0.15) is 13.2 Å². The summed E-state index contributed by atoms with van der Waals surface area (Å²) in [5.74, 6) is -0.926. The second kappa shape index (κ2) is 7.74. The van der Waals surface area contributed by atoms with Gasteiger partial charge in [-0.3, -0.25) is 14.6 Å². The van der Waals surface area contributed by atoms with Gasteiger partial charge in [0.05, 0.1) is 0 Å². The lowest BCUT2D eigenvalue weighted by Crippen LogP contribution is -2.53. The normalized spacial score (nSPS) is 15.8. The zero-order valence-electron chi connectivity index (χ0n) is 15.7. The molecule has 1 unspecified atom stereocenters. The molecule has 1 fully saturated rings. The summed E-state index contributed by atoms with van der Waals surface area (Å²) in [5, 5.41) is 5.08. The van der Waals surface area contributed by atoms with E-state index < -0.39 is 30.1 Å². The third-order valence-corrected chi connectivity index (χ3v) is 4.19. The number of halogens is 3. The quantitative estimate of drug-likeness (QED) is 0.787. The molecule has 0 aliphatic heterocycles. The zero-order chi connectivity index (χ0) is 20.4. The molecule has 1 aromatic heterocycles. The van der Waals surface area contributed by atoms with E-state index in [1.54, 1.807) is 20.8 Å². The average Bonchev–Trinajstić information content (AvgIpc) is 3.39. The smallest absolute Gasteiger partial charge is 0.422 e. The molecule has 27 heavy (non-hydrogen) atoms. The standard InChI is InChI=1S/C18H24F3N3O3/c1-17(2,3)14(16(26)22-4)24-15(25)12-7-13(27-9-18(19,20)21)11(8-23-12)10-5-6-10/h7-8,10,14H,5-6,9H2,1-4H3,(H,22,26)(H,24,25). The van der Waals surface area contributed by atoms with Crippen molar-refractivity contribution >= 4 is 11.8 Å². The number of hydrogen-bond acceptors (Lipinski definition) is 4. The third kappa shape index (κ3) is 5.83. The molecule has 2 rings (SSSR count). The van der Waals surface area contributed by atoms with Crippen molar-refractivity contribution < 1.29 is 27.5 Å². The number of alkyl halides is 3. The molecule has 0 aromatic carbocycles. The van der Waals surface area contributed by atoms with E-state index >= 15 is 0 Å². The van der Waals surface area contributed by atoms with Crippen LogP contribution in [-0.2, 0) is 4.79 Å². The number of amides is 2. The van der Waals surface area contributed by atoms with Crippen LogP contribution in [0.25, 0.3) is 0 Å². The maximum atomic E-state index is 12.5. The van der Waals surface area contributed by atoms with Crippen LogP contribution in [0, 0.1) is 5.41 Å². The molecule has 1 aromatic rings. The topological polar surface area (TPSA) is 80.3 Å². The number of nitrogens with one attached hydrogen (secondary N) is 2. The molecule has 9 heteroatoms. The first-order valence-corrected chi connectivity index (χ1v) is 8.64. The van der Waals surface area contributed by atoms with Crippen LogP contribution in [0.3, 0.4) is 0 Å². The average molecular weight is 387 g/mol. The number of rotatable bonds is 6. The maximum Gasteiger partial charge on any atom is 0.422 e. The van der Waals surface area contributed by atoms with Crippen molar-refractivity contribution in [2.24, 2.45) is 5.41 Å². The first-order valence-electron chi connectivity index (χ1n) is 8.64. The molecule has 0 saturated heterocycles. The van der Waals surface area contributed by atoms with Gasteiger partial charge in [-0.1, -0.05) is 20.8 Å². The summed E-state index contributed by atoms with van der Waals surface area (Å²) in [7, 11) is 1.46. The van der Waals surface area contributed by atoms with Crippen LogP contribution in [-0.4, -0.2) is 42.7 Å². The van der Waals surface area contributed by atoms with Gasteiger partial charge in [-0.05, 0) is 24.2 Å². The summed E-state index contributed by atoms with van der Waals surface area (Å²) < 4.78 is 42.5. The van der Waals surface area contributed by atoms with E-state index in [0.29, 0.717) is 5.56 Å². The van der Waals surface area contributed by atoms with Crippen LogP contribution in [0.1, 0.15) is 55.6 Å². The largest absolute Gasteiger partial charge is 0.484 e. The molecule has 1 heterocycles. The van der Waals surface area contributed by atoms with Gasteiger partial charge >= 0.3 is 6.18 Å². The van der Waals surface area contributed by atoms with Crippen LogP contribution in [0.4, 0.5) is 13.2 Å². The van der Waals surface area contributed by atoms with Crippen molar-refractivity contribution in [1.82, 2.24) is 15.6 Å². The number of pyridine rings is 1. The van der Waals surface area contributed by atoms with Crippen molar-refractivity contribution in [1.29, 1.82) is 0 Å². The van der Waals surface area contributed by atoms with Crippen LogP contribution in [0.2, 0.25) is 0 Å². The molecule has 2 amide bonds. The van der Waals surface area contributed by atoms with Crippen molar-refractivity contribution in [2.45, 2.75) is 51.7 Å². The van der Waals surface area contributed by atoms with Gasteiger partial charge in [-0.15, -0.1) is 0 Å². The minimum absolute atomic E-state index is 0.00206. The first kappa shape index (κ1) is 21.0. The third-order valence-electron chi connectivity index (χ3n) is 4.19. The molecule has 1 saturated carbocycles. The predicted molar refractivity (Wildman–Crippen MR) is 92.5 cm³/mol. The molecule has 0 bridgehead atoms. The Bertz CT molecular complexity index is 710. The number of carbonyl (C=O) groups excluding carboxylic acids is 2. The summed E-state index contributed by atoms with van der Waals surface area (Å²) in [6.45, 7) is 3.92. The molecule has 6 nitrogen and oxygen atoms in total. The highest BCUT2D eigenvalue weighted by molar-refractivity contribution is 5.96. The summed E-state index contributed by atoms with van der Waals surface area (Å²) in [6.07, 6.45) is -1.41. The summed E-state index contributed by atoms with van der Waals surface area (Å²) >= 11 is 0. The highest BCUT2D eigenvalue weighted by Crippen LogP contribution is 2.44. The minimum atomic E-state index is -4.48. The van der Waals surface area contributed by atoms with Crippen LogP contribution < -0.4 is 15.4 Å². The second-order valence-corrected chi connectivity index (χ2v) is 7.67. The van der Waals surface area contributed by atoms with Crippen LogP contribution in [0.5, 0.6) is 5.75 Å². The van der Waals surface area contributed by atoms with E-state index in [-0.39, 0.29) is 23.3 Å². The summed E-state index contributed by atoms with van der Waals surface area (Å²) in [4.78, 5) is 28.7. The van der Waals surface area contributed by atoms with Crippen molar-refractivity contribution in [3.63, 3.8) is 0 Å². The Morgan fingerprint density at radius 2 is 1.93 bits per heavy atom. The molecule has 0 radical (unpaired) electrons. The van der Waals surface area contributed by atoms with Gasteiger partial charge in [0.2, 0.25) is 5.91 Å². The Kier molecular flexibility index (Phi) is 6.01. The number of likely N-dealkylation sites (N-methyl/N-ethyl adjacent to an activating group) is 1. The summed E-state index contributed by atoms with van der Waals surface area (Å²) in [6, 6.07) is 0.373. The number of ether oxygens (including phenoxy) is 1. The Hall–Kier alpha value is -2.32. The molecule has 0 spiro atoms. The first-order chi connectivity index (χ1) is 12.4. The van der Waals surface area contributed by atoms with E-state index in [9.17, 15) is 22.8 Å². The Labute approximate surface area is 155 Å². The van der Waals surface area contributed by atoms with Gasteiger partial charge in [0.25, 0.3) is 5.91 Å². The predicted octanol–water partition coefficient (Wildman–Crippen LogP) is 2.79.